The number of carbonyl (C=O) groups is 1. The molecule has 28 heavy (non-hydrogen) atoms. The Balaban J connectivity index is 2.14. The number of aromatic nitrogens is 1. The summed E-state index contributed by atoms with van der Waals surface area (Å²) in [4.78, 5) is 19.7. The van der Waals surface area contributed by atoms with Gasteiger partial charge in [0.25, 0.3) is 0 Å². The molecule has 146 valence electrons. The van der Waals surface area contributed by atoms with Gasteiger partial charge in [0.05, 0.1) is 5.92 Å². The molecule has 2 aromatic heterocycles. The van der Waals surface area contributed by atoms with Crippen LogP contribution in [0.4, 0.5) is 0 Å². The molecule has 4 heteroatoms. The van der Waals surface area contributed by atoms with E-state index in [0.717, 1.165) is 46.5 Å². The Hall–Kier alpha value is -2.20. The van der Waals surface area contributed by atoms with Crippen molar-refractivity contribution in [2.45, 2.75) is 65.2 Å². The summed E-state index contributed by atoms with van der Waals surface area (Å²) in [5, 5.41) is 11.2. The normalized spacial score (nSPS) is 14.8. The van der Waals surface area contributed by atoms with E-state index in [-0.39, 0.29) is 0 Å². The Bertz CT molecular complexity index is 1030. The first-order valence-electron chi connectivity index (χ1n) is 10.3. The van der Waals surface area contributed by atoms with Crippen LogP contribution in [0.15, 0.2) is 24.3 Å². The Labute approximate surface area is 170 Å². The monoisotopic (exact) mass is 393 g/mol. The number of thiophene rings is 1. The number of hydrogen-bond acceptors (Lipinski definition) is 3. The van der Waals surface area contributed by atoms with E-state index in [9.17, 15) is 9.90 Å². The molecule has 0 bridgehead atoms. The fourth-order valence-electron chi connectivity index (χ4n) is 4.52. The molecule has 0 saturated heterocycles. The zero-order chi connectivity index (χ0) is 19.8. The summed E-state index contributed by atoms with van der Waals surface area (Å²) in [6.45, 7) is 6.13. The standard InChI is InChI=1S/C24H27NO2S/c1-4-16(24(26)27)21-18(5-2)25-23-22(17-8-6-7-9-19(17)28-23)20(21)15-12-10-14(3)11-13-15/h10-13,16H,4-9H2,1-3H3,(H,26,27). The van der Waals surface area contributed by atoms with Crippen molar-refractivity contribution >= 4 is 27.5 Å². The van der Waals surface area contributed by atoms with Crippen LogP contribution in [-0.4, -0.2) is 16.1 Å². The van der Waals surface area contributed by atoms with E-state index in [1.165, 1.54) is 34.2 Å². The number of aryl methyl sites for hydroxylation is 4. The van der Waals surface area contributed by atoms with Gasteiger partial charge in [-0.05, 0) is 67.7 Å². The van der Waals surface area contributed by atoms with Gasteiger partial charge in [-0.15, -0.1) is 11.3 Å². The molecule has 3 nitrogen and oxygen atoms in total. The summed E-state index contributed by atoms with van der Waals surface area (Å²) in [6.07, 6.45) is 5.95. The minimum Gasteiger partial charge on any atom is -0.481 e. The van der Waals surface area contributed by atoms with Crippen molar-refractivity contribution in [3.8, 4) is 11.1 Å². The molecule has 1 aromatic carbocycles. The van der Waals surface area contributed by atoms with Gasteiger partial charge in [-0.2, -0.15) is 0 Å². The third-order valence-electron chi connectivity index (χ3n) is 5.95. The lowest BCUT2D eigenvalue weighted by molar-refractivity contribution is -0.138. The van der Waals surface area contributed by atoms with Crippen LogP contribution in [-0.2, 0) is 24.1 Å². The van der Waals surface area contributed by atoms with Crippen LogP contribution in [0, 0.1) is 6.92 Å². The van der Waals surface area contributed by atoms with E-state index in [2.05, 4.69) is 38.1 Å². The first-order chi connectivity index (χ1) is 13.5. The van der Waals surface area contributed by atoms with Crippen LogP contribution in [0.3, 0.4) is 0 Å². The fraction of sp³-hybridized carbons (Fsp3) is 0.417. The number of rotatable bonds is 5. The van der Waals surface area contributed by atoms with E-state index < -0.39 is 11.9 Å². The van der Waals surface area contributed by atoms with E-state index in [4.69, 9.17) is 4.98 Å². The smallest absolute Gasteiger partial charge is 0.311 e. The number of carboxylic acids is 1. The number of aliphatic carboxylic acids is 1. The van der Waals surface area contributed by atoms with Crippen molar-refractivity contribution in [3.05, 3.63) is 51.5 Å². The summed E-state index contributed by atoms with van der Waals surface area (Å²) in [7, 11) is 0. The summed E-state index contributed by atoms with van der Waals surface area (Å²) in [5.74, 6) is -1.28. The third-order valence-corrected chi connectivity index (χ3v) is 7.14. The Morgan fingerprint density at radius 2 is 1.89 bits per heavy atom. The summed E-state index contributed by atoms with van der Waals surface area (Å²) in [5.41, 5.74) is 6.74. The fourth-order valence-corrected chi connectivity index (χ4v) is 5.81. The molecule has 1 aliphatic carbocycles. The Morgan fingerprint density at radius 3 is 2.54 bits per heavy atom. The second kappa shape index (κ2) is 7.67. The highest BCUT2D eigenvalue weighted by Crippen LogP contribution is 2.45. The second-order valence-corrected chi connectivity index (χ2v) is 8.84. The second-order valence-electron chi connectivity index (χ2n) is 7.76. The van der Waals surface area contributed by atoms with Crippen LogP contribution >= 0.6 is 11.3 Å². The Kier molecular flexibility index (Phi) is 5.24. The Morgan fingerprint density at radius 1 is 1.18 bits per heavy atom. The highest BCUT2D eigenvalue weighted by Gasteiger charge is 2.30. The first-order valence-corrected chi connectivity index (χ1v) is 11.1. The molecule has 0 saturated carbocycles. The largest absolute Gasteiger partial charge is 0.481 e. The molecule has 2 heterocycles. The maximum absolute atomic E-state index is 12.2. The highest BCUT2D eigenvalue weighted by molar-refractivity contribution is 7.19. The van der Waals surface area contributed by atoms with Gasteiger partial charge in [-0.3, -0.25) is 4.79 Å². The summed E-state index contributed by atoms with van der Waals surface area (Å²) < 4.78 is 0. The van der Waals surface area contributed by atoms with Crippen molar-refractivity contribution in [1.29, 1.82) is 0 Å². The molecular formula is C24H27NO2S. The van der Waals surface area contributed by atoms with Crippen molar-refractivity contribution < 1.29 is 9.90 Å². The average molecular weight is 394 g/mol. The number of pyridine rings is 1. The summed E-state index contributed by atoms with van der Waals surface area (Å²) in [6, 6.07) is 8.54. The van der Waals surface area contributed by atoms with Crippen LogP contribution in [0.2, 0.25) is 0 Å². The van der Waals surface area contributed by atoms with Gasteiger partial charge < -0.3 is 5.11 Å². The van der Waals surface area contributed by atoms with Crippen molar-refractivity contribution in [2.24, 2.45) is 0 Å². The topological polar surface area (TPSA) is 50.2 Å². The lowest BCUT2D eigenvalue weighted by Gasteiger charge is -2.21. The van der Waals surface area contributed by atoms with Gasteiger partial charge in [0.15, 0.2) is 0 Å². The number of carboxylic acid groups (broad SMARTS) is 1. The van der Waals surface area contributed by atoms with E-state index >= 15 is 0 Å². The van der Waals surface area contributed by atoms with Gasteiger partial charge >= 0.3 is 5.97 Å². The molecule has 0 aliphatic heterocycles. The highest BCUT2D eigenvalue weighted by atomic mass is 32.1. The van der Waals surface area contributed by atoms with Crippen LogP contribution in [0.25, 0.3) is 21.3 Å². The van der Waals surface area contributed by atoms with Crippen molar-refractivity contribution in [3.63, 3.8) is 0 Å². The van der Waals surface area contributed by atoms with Gasteiger partial charge in [-0.1, -0.05) is 43.7 Å². The minimum atomic E-state index is -0.754. The van der Waals surface area contributed by atoms with E-state index in [1.807, 2.05) is 18.3 Å². The predicted octanol–water partition coefficient (Wildman–Crippen LogP) is 6.29. The molecule has 0 fully saturated rings. The van der Waals surface area contributed by atoms with Crippen LogP contribution in [0.5, 0.6) is 0 Å². The van der Waals surface area contributed by atoms with Crippen LogP contribution in [0.1, 0.15) is 66.3 Å². The number of fused-ring (bicyclic) bond motifs is 3. The third kappa shape index (κ3) is 3.14. The van der Waals surface area contributed by atoms with Gasteiger partial charge in [-0.25, -0.2) is 4.98 Å². The lowest BCUT2D eigenvalue weighted by atomic mass is 9.83. The zero-order valence-electron chi connectivity index (χ0n) is 16.8. The van der Waals surface area contributed by atoms with Crippen LogP contribution < -0.4 is 0 Å². The molecule has 4 rings (SSSR count). The molecule has 0 amide bonds. The lowest BCUT2D eigenvalue weighted by Crippen LogP contribution is -2.15. The number of hydrogen-bond donors (Lipinski definition) is 1. The van der Waals surface area contributed by atoms with Crippen molar-refractivity contribution in [2.75, 3.05) is 0 Å². The molecule has 0 spiro atoms. The SMILES string of the molecule is CCc1nc2sc3c(c2c(-c2ccc(C)cc2)c1C(CC)C(=O)O)CCCC3. The summed E-state index contributed by atoms with van der Waals surface area (Å²) >= 11 is 1.82. The molecular weight excluding hydrogens is 366 g/mol. The maximum atomic E-state index is 12.2. The van der Waals surface area contributed by atoms with E-state index in [0.29, 0.717) is 6.42 Å². The maximum Gasteiger partial charge on any atom is 0.311 e. The van der Waals surface area contributed by atoms with E-state index in [1.54, 1.807) is 0 Å². The first kappa shape index (κ1) is 19.1. The van der Waals surface area contributed by atoms with Gasteiger partial charge in [0.2, 0.25) is 0 Å². The molecule has 1 unspecified atom stereocenters. The predicted molar refractivity (Wildman–Crippen MR) is 116 cm³/mol. The van der Waals surface area contributed by atoms with Gasteiger partial charge in [0.1, 0.15) is 4.83 Å². The minimum absolute atomic E-state index is 0.526. The van der Waals surface area contributed by atoms with Crippen molar-refractivity contribution in [1.82, 2.24) is 4.98 Å². The number of nitrogens with zero attached hydrogens (tertiary/aromatic N) is 1. The molecule has 1 aliphatic rings. The molecule has 3 aromatic rings. The zero-order valence-corrected chi connectivity index (χ0v) is 17.7. The number of benzene rings is 1. The average Bonchev–Trinajstić information content (AvgIpc) is 3.06. The molecule has 1 N–H and O–H groups in total. The molecule has 0 radical (unpaired) electrons. The quantitative estimate of drug-likeness (QED) is 0.554. The van der Waals surface area contributed by atoms with Gasteiger partial charge in [0, 0.05) is 16.0 Å². The molecule has 1 atom stereocenters.